The number of carbonyl (C=O) groups is 1. The Labute approximate surface area is 165 Å². The Morgan fingerprint density at radius 3 is 2.64 bits per heavy atom. The summed E-state index contributed by atoms with van der Waals surface area (Å²) in [5, 5.41) is 12.7. The fourth-order valence-corrected chi connectivity index (χ4v) is 3.25. The van der Waals surface area contributed by atoms with Gasteiger partial charge in [-0.2, -0.15) is 0 Å². The number of nitrogens with zero attached hydrogens (tertiary/aromatic N) is 4. The Kier molecular flexibility index (Phi) is 6.21. The Morgan fingerprint density at radius 2 is 2.04 bits per heavy atom. The van der Waals surface area contributed by atoms with E-state index in [4.69, 9.17) is 9.72 Å². The van der Waals surface area contributed by atoms with E-state index in [1.165, 1.54) is 0 Å². The lowest BCUT2D eigenvalue weighted by Crippen LogP contribution is -2.30. The SMILES string of the molecule is CN(CC1CCOCC1)c1nc(-c2ccc(C(C)(C)O)nc2)cnc1NC=O. The Bertz CT molecular complexity index is 798. The van der Waals surface area contributed by atoms with Gasteiger partial charge in [0, 0.05) is 38.6 Å². The molecular formula is C20H27N5O3. The van der Waals surface area contributed by atoms with Crippen molar-refractivity contribution in [1.82, 2.24) is 15.0 Å². The molecule has 150 valence electrons. The van der Waals surface area contributed by atoms with E-state index in [-0.39, 0.29) is 0 Å². The molecule has 2 aromatic rings. The number of aromatic nitrogens is 3. The number of ether oxygens (including phenoxy) is 1. The van der Waals surface area contributed by atoms with E-state index in [9.17, 15) is 9.90 Å². The highest BCUT2D eigenvalue weighted by Gasteiger charge is 2.20. The first-order valence-corrected chi connectivity index (χ1v) is 9.44. The highest BCUT2D eigenvalue weighted by atomic mass is 16.5. The van der Waals surface area contributed by atoms with Crippen LogP contribution in [0.15, 0.2) is 24.5 Å². The van der Waals surface area contributed by atoms with Crippen LogP contribution in [0.1, 0.15) is 32.4 Å². The second kappa shape index (κ2) is 8.62. The van der Waals surface area contributed by atoms with E-state index in [0.717, 1.165) is 38.2 Å². The minimum atomic E-state index is -1.00. The molecule has 8 nitrogen and oxygen atoms in total. The molecule has 1 aliphatic heterocycles. The van der Waals surface area contributed by atoms with Gasteiger partial charge in [-0.05, 0) is 44.7 Å². The van der Waals surface area contributed by atoms with Gasteiger partial charge in [0.25, 0.3) is 0 Å². The fraction of sp³-hybridized carbons (Fsp3) is 0.500. The molecule has 1 fully saturated rings. The summed E-state index contributed by atoms with van der Waals surface area (Å²) in [5.41, 5.74) is 1.02. The molecule has 28 heavy (non-hydrogen) atoms. The van der Waals surface area contributed by atoms with Crippen molar-refractivity contribution >= 4 is 18.0 Å². The van der Waals surface area contributed by atoms with E-state index in [1.54, 1.807) is 32.3 Å². The van der Waals surface area contributed by atoms with Gasteiger partial charge in [0.05, 0.1) is 17.6 Å². The average Bonchev–Trinajstić information content (AvgIpc) is 2.69. The standard InChI is InChI=1S/C20H27N5O3/c1-20(2,27)17-5-4-15(10-21-17)16-11-22-18(23-13-26)19(24-16)25(3)12-14-6-8-28-9-7-14/h4-5,10-11,13-14,27H,6-9,12H2,1-3H3,(H,22,23,26). The molecule has 0 aliphatic carbocycles. The van der Waals surface area contributed by atoms with Crippen LogP contribution >= 0.6 is 0 Å². The molecule has 3 rings (SSSR count). The van der Waals surface area contributed by atoms with Crippen LogP contribution in [0.2, 0.25) is 0 Å². The van der Waals surface area contributed by atoms with Crippen LogP contribution in [-0.4, -0.2) is 53.3 Å². The summed E-state index contributed by atoms with van der Waals surface area (Å²) in [6, 6.07) is 3.64. The summed E-state index contributed by atoms with van der Waals surface area (Å²) in [4.78, 5) is 26.4. The third-order valence-electron chi connectivity index (χ3n) is 4.87. The first-order chi connectivity index (χ1) is 13.4. The average molecular weight is 385 g/mol. The maximum atomic E-state index is 11.0. The topological polar surface area (TPSA) is 100 Å². The summed E-state index contributed by atoms with van der Waals surface area (Å²) in [5.74, 6) is 1.55. The predicted molar refractivity (Wildman–Crippen MR) is 107 cm³/mol. The molecule has 0 spiro atoms. The monoisotopic (exact) mass is 385 g/mol. The van der Waals surface area contributed by atoms with Crippen molar-refractivity contribution in [3.8, 4) is 11.3 Å². The molecule has 0 unspecified atom stereocenters. The summed E-state index contributed by atoms with van der Waals surface area (Å²) >= 11 is 0. The summed E-state index contributed by atoms with van der Waals surface area (Å²) in [6.07, 6.45) is 5.91. The van der Waals surface area contributed by atoms with Crippen LogP contribution in [0, 0.1) is 5.92 Å². The van der Waals surface area contributed by atoms with E-state index < -0.39 is 5.60 Å². The highest BCUT2D eigenvalue weighted by Crippen LogP contribution is 2.27. The molecule has 2 aromatic heterocycles. The quantitative estimate of drug-likeness (QED) is 0.705. The van der Waals surface area contributed by atoms with Crippen LogP contribution in [0.5, 0.6) is 0 Å². The molecule has 3 heterocycles. The van der Waals surface area contributed by atoms with Gasteiger partial charge in [-0.3, -0.25) is 9.78 Å². The van der Waals surface area contributed by atoms with Crippen molar-refractivity contribution in [3.05, 3.63) is 30.2 Å². The number of hydrogen-bond donors (Lipinski definition) is 2. The van der Waals surface area contributed by atoms with Gasteiger partial charge in [-0.25, -0.2) is 9.97 Å². The van der Waals surface area contributed by atoms with E-state index in [2.05, 4.69) is 15.3 Å². The second-order valence-electron chi connectivity index (χ2n) is 7.62. The van der Waals surface area contributed by atoms with Gasteiger partial charge in [0.15, 0.2) is 11.6 Å². The van der Waals surface area contributed by atoms with Gasteiger partial charge in [-0.1, -0.05) is 0 Å². The zero-order chi connectivity index (χ0) is 20.1. The van der Waals surface area contributed by atoms with Gasteiger partial charge < -0.3 is 20.1 Å². The van der Waals surface area contributed by atoms with Gasteiger partial charge >= 0.3 is 0 Å². The van der Waals surface area contributed by atoms with Crippen molar-refractivity contribution in [2.45, 2.75) is 32.3 Å². The first kappa shape index (κ1) is 20.2. The smallest absolute Gasteiger partial charge is 0.212 e. The van der Waals surface area contributed by atoms with Crippen LogP contribution in [0.4, 0.5) is 11.6 Å². The minimum absolute atomic E-state index is 0.425. The molecular weight excluding hydrogens is 358 g/mol. The van der Waals surface area contributed by atoms with Crippen LogP contribution in [-0.2, 0) is 15.1 Å². The molecule has 0 atom stereocenters. The molecule has 1 aliphatic rings. The maximum absolute atomic E-state index is 11.0. The van der Waals surface area contributed by atoms with Gasteiger partial charge in [0.1, 0.15) is 5.60 Å². The van der Waals surface area contributed by atoms with E-state index in [1.807, 2.05) is 18.0 Å². The van der Waals surface area contributed by atoms with E-state index in [0.29, 0.717) is 35.4 Å². The van der Waals surface area contributed by atoms with Crippen molar-refractivity contribution in [2.24, 2.45) is 5.92 Å². The number of rotatable bonds is 7. The zero-order valence-electron chi connectivity index (χ0n) is 16.6. The van der Waals surface area contributed by atoms with Crippen molar-refractivity contribution in [1.29, 1.82) is 0 Å². The molecule has 0 bridgehead atoms. The Balaban J connectivity index is 1.87. The molecule has 8 heteroatoms. The lowest BCUT2D eigenvalue weighted by Gasteiger charge is -2.28. The molecule has 0 aromatic carbocycles. The number of pyridine rings is 1. The third-order valence-corrected chi connectivity index (χ3v) is 4.87. The number of hydrogen-bond acceptors (Lipinski definition) is 7. The first-order valence-electron chi connectivity index (χ1n) is 9.44. The second-order valence-corrected chi connectivity index (χ2v) is 7.62. The van der Waals surface area contributed by atoms with Gasteiger partial charge in [-0.15, -0.1) is 0 Å². The number of amides is 1. The molecule has 2 N–H and O–H groups in total. The number of carbonyl (C=O) groups excluding carboxylic acids is 1. The normalized spacial score (nSPS) is 15.3. The van der Waals surface area contributed by atoms with E-state index >= 15 is 0 Å². The maximum Gasteiger partial charge on any atom is 0.212 e. The molecule has 1 amide bonds. The Hall–Kier alpha value is -2.58. The number of nitrogens with one attached hydrogen (secondary N) is 1. The predicted octanol–water partition coefficient (Wildman–Crippen LogP) is 2.20. The largest absolute Gasteiger partial charge is 0.384 e. The van der Waals surface area contributed by atoms with Crippen LogP contribution < -0.4 is 10.2 Å². The van der Waals surface area contributed by atoms with Crippen LogP contribution in [0.3, 0.4) is 0 Å². The van der Waals surface area contributed by atoms with Crippen molar-refractivity contribution in [2.75, 3.05) is 37.0 Å². The lowest BCUT2D eigenvalue weighted by molar-refractivity contribution is -0.105. The Morgan fingerprint density at radius 1 is 1.29 bits per heavy atom. The molecule has 0 saturated carbocycles. The minimum Gasteiger partial charge on any atom is -0.384 e. The molecule has 1 saturated heterocycles. The third kappa shape index (κ3) is 4.82. The molecule has 0 radical (unpaired) electrons. The fourth-order valence-electron chi connectivity index (χ4n) is 3.25. The van der Waals surface area contributed by atoms with Crippen LogP contribution in [0.25, 0.3) is 11.3 Å². The summed E-state index contributed by atoms with van der Waals surface area (Å²) in [7, 11) is 1.95. The number of aliphatic hydroxyl groups is 1. The van der Waals surface area contributed by atoms with Crippen molar-refractivity contribution in [3.63, 3.8) is 0 Å². The van der Waals surface area contributed by atoms with Crippen molar-refractivity contribution < 1.29 is 14.6 Å². The summed E-state index contributed by atoms with van der Waals surface area (Å²) in [6.45, 7) is 5.76. The number of anilines is 2. The zero-order valence-corrected chi connectivity index (χ0v) is 16.6. The van der Waals surface area contributed by atoms with Gasteiger partial charge in [0.2, 0.25) is 6.41 Å². The summed E-state index contributed by atoms with van der Waals surface area (Å²) < 4.78 is 5.43. The lowest BCUT2D eigenvalue weighted by atomic mass is 10.00. The highest BCUT2D eigenvalue weighted by molar-refractivity contribution is 5.77.